The molecule has 0 saturated carbocycles. The van der Waals surface area contributed by atoms with Crippen LogP contribution in [-0.4, -0.2) is 35.8 Å². The second kappa shape index (κ2) is 5.44. The Labute approximate surface area is 104 Å². The van der Waals surface area contributed by atoms with E-state index in [0.717, 1.165) is 10.8 Å². The molecule has 0 spiro atoms. The normalized spacial score (nSPS) is 10.3. The topological polar surface area (TPSA) is 85.9 Å². The van der Waals surface area contributed by atoms with E-state index in [1.54, 1.807) is 12.1 Å². The fourth-order valence-electron chi connectivity index (χ4n) is 1.33. The van der Waals surface area contributed by atoms with Crippen LogP contribution in [0.3, 0.4) is 0 Å². The van der Waals surface area contributed by atoms with Crippen LogP contribution in [0.25, 0.3) is 10.8 Å². The minimum Gasteiger partial charge on any atom is -0.412 e. The Morgan fingerprint density at radius 3 is 2.06 bits per heavy atom. The van der Waals surface area contributed by atoms with Crippen LogP contribution >= 0.6 is 0 Å². The molecule has 0 heterocycles. The van der Waals surface area contributed by atoms with E-state index in [-0.39, 0.29) is 27.7 Å². The van der Waals surface area contributed by atoms with Crippen LogP contribution in [0.1, 0.15) is 0 Å². The average Bonchev–Trinajstić information content (AvgIpc) is 2.16. The number of rotatable bonds is 1. The van der Waals surface area contributed by atoms with Gasteiger partial charge >= 0.3 is 0 Å². The Bertz CT molecular complexity index is 580. The van der Waals surface area contributed by atoms with Gasteiger partial charge in [-0.05, 0) is 22.9 Å². The van der Waals surface area contributed by atoms with E-state index in [1.165, 1.54) is 12.1 Å². The lowest BCUT2D eigenvalue weighted by Gasteiger charge is -1.99. The third kappa shape index (κ3) is 3.05. The van der Waals surface area contributed by atoms with Gasteiger partial charge in [0, 0.05) is 0 Å². The second-order valence-corrected chi connectivity index (χ2v) is 4.41. The van der Waals surface area contributed by atoms with E-state index in [4.69, 9.17) is 4.55 Å². The van der Waals surface area contributed by atoms with Gasteiger partial charge in [-0.25, -0.2) is 0 Å². The molecule has 0 bridgehead atoms. The fourth-order valence-corrected chi connectivity index (χ4v) is 1.84. The van der Waals surface area contributed by atoms with Gasteiger partial charge in [0.1, 0.15) is 0 Å². The molecule has 0 aromatic heterocycles. The summed E-state index contributed by atoms with van der Waals surface area (Å²) in [7, 11) is -4.09. The van der Waals surface area contributed by atoms with Crippen molar-refractivity contribution in [1.29, 1.82) is 0 Å². The van der Waals surface area contributed by atoms with Crippen molar-refractivity contribution < 1.29 is 18.4 Å². The van der Waals surface area contributed by atoms with Gasteiger partial charge in [0.05, 0.1) is 4.90 Å². The molecule has 0 fully saturated rings. The predicted octanol–water partition coefficient (Wildman–Crippen LogP) is 0.0779. The number of hydrogen-bond acceptors (Lipinski definition) is 2. The molecular weight excluding hydrogens is 243 g/mol. The summed E-state index contributed by atoms with van der Waals surface area (Å²) in [5.41, 5.74) is 0. The van der Waals surface area contributed by atoms with Crippen LogP contribution in [0.4, 0.5) is 0 Å². The van der Waals surface area contributed by atoms with Crippen LogP contribution in [0.15, 0.2) is 47.4 Å². The standard InChI is InChI=1S/C10H8O3S.Al.H2O.3H/c11-14(12,13)10-6-5-8-3-1-2-4-9(8)7-10;;;;;/h1-7H,(H,11,12,13);;1H2;;;. The molecule has 4 nitrogen and oxygen atoms in total. The Hall–Kier alpha value is -0.898. The molecule has 0 atom stereocenters. The quantitative estimate of drug-likeness (QED) is 0.579. The highest BCUT2D eigenvalue weighted by Crippen LogP contribution is 2.18. The summed E-state index contributed by atoms with van der Waals surface area (Å²) < 4.78 is 30.5. The maximum atomic E-state index is 10.8. The van der Waals surface area contributed by atoms with E-state index < -0.39 is 10.1 Å². The van der Waals surface area contributed by atoms with Gasteiger partial charge in [-0.1, -0.05) is 30.3 Å². The van der Waals surface area contributed by atoms with Crippen LogP contribution in [0, 0.1) is 0 Å². The summed E-state index contributed by atoms with van der Waals surface area (Å²) in [4.78, 5) is -0.0730. The van der Waals surface area contributed by atoms with Crippen molar-refractivity contribution in [3.05, 3.63) is 42.5 Å². The highest BCUT2D eigenvalue weighted by Gasteiger charge is 2.08. The number of benzene rings is 2. The van der Waals surface area contributed by atoms with Crippen molar-refractivity contribution in [2.24, 2.45) is 0 Å². The summed E-state index contributed by atoms with van der Waals surface area (Å²) in [5, 5.41) is 1.74. The maximum Gasteiger partial charge on any atom is 0.294 e. The third-order valence-electron chi connectivity index (χ3n) is 2.02. The lowest BCUT2D eigenvalue weighted by Crippen LogP contribution is -1.97. The van der Waals surface area contributed by atoms with Gasteiger partial charge in [0.25, 0.3) is 10.1 Å². The summed E-state index contributed by atoms with van der Waals surface area (Å²) in [6.45, 7) is 0. The molecule has 0 unspecified atom stereocenters. The highest BCUT2D eigenvalue weighted by molar-refractivity contribution is 7.85. The first kappa shape index (κ1) is 15.1. The Morgan fingerprint density at radius 1 is 0.938 bits per heavy atom. The van der Waals surface area contributed by atoms with Gasteiger partial charge < -0.3 is 5.48 Å². The molecule has 0 aliphatic rings. The van der Waals surface area contributed by atoms with E-state index in [0.29, 0.717) is 0 Å². The first-order chi connectivity index (χ1) is 6.57. The highest BCUT2D eigenvalue weighted by atomic mass is 32.2. The third-order valence-corrected chi connectivity index (χ3v) is 2.87. The zero-order valence-electron chi connectivity index (χ0n) is 7.71. The van der Waals surface area contributed by atoms with Crippen molar-refractivity contribution in [3.63, 3.8) is 0 Å². The molecule has 2 aromatic carbocycles. The summed E-state index contributed by atoms with van der Waals surface area (Å²) in [6.07, 6.45) is 0. The molecule has 0 saturated heterocycles. The average molecular weight is 256 g/mol. The molecule has 2 rings (SSSR count). The molecule has 6 heteroatoms. The minimum absolute atomic E-state index is 0. The van der Waals surface area contributed by atoms with Crippen molar-refractivity contribution in [1.82, 2.24) is 0 Å². The van der Waals surface area contributed by atoms with E-state index in [9.17, 15) is 8.42 Å². The lowest BCUT2D eigenvalue weighted by molar-refractivity contribution is 0.483. The largest absolute Gasteiger partial charge is 0.412 e. The summed E-state index contributed by atoms with van der Waals surface area (Å²) in [6, 6.07) is 11.9. The molecule has 0 aliphatic carbocycles. The van der Waals surface area contributed by atoms with Crippen molar-refractivity contribution in [3.8, 4) is 0 Å². The zero-order chi connectivity index (χ0) is 10.2. The van der Waals surface area contributed by atoms with Crippen LogP contribution in [-0.2, 0) is 10.1 Å². The second-order valence-electron chi connectivity index (χ2n) is 2.98. The molecule has 0 aliphatic heterocycles. The predicted molar refractivity (Wildman–Crippen MR) is 67.3 cm³/mol. The summed E-state index contributed by atoms with van der Waals surface area (Å²) in [5.74, 6) is 0. The van der Waals surface area contributed by atoms with Crippen molar-refractivity contribution in [2.45, 2.75) is 4.90 Å². The molecule has 0 radical (unpaired) electrons. The Morgan fingerprint density at radius 2 is 1.50 bits per heavy atom. The van der Waals surface area contributed by atoms with Gasteiger partial charge in [0.2, 0.25) is 0 Å². The van der Waals surface area contributed by atoms with Crippen LogP contribution in [0.2, 0.25) is 0 Å². The number of fused-ring (bicyclic) bond motifs is 1. The van der Waals surface area contributed by atoms with Gasteiger partial charge in [-0.2, -0.15) is 8.42 Å². The SMILES string of the molecule is O.O=S(=O)(O)c1ccc2ccccc2c1.[AlH3]. The van der Waals surface area contributed by atoms with Gasteiger partial charge in [0.15, 0.2) is 17.4 Å². The molecule has 3 N–H and O–H groups in total. The first-order valence-electron chi connectivity index (χ1n) is 4.04. The minimum atomic E-state index is -4.09. The van der Waals surface area contributed by atoms with Crippen LogP contribution in [0.5, 0.6) is 0 Å². The fraction of sp³-hybridized carbons (Fsp3) is 0. The van der Waals surface area contributed by atoms with Crippen LogP contribution < -0.4 is 0 Å². The maximum absolute atomic E-state index is 10.8. The Kier molecular flexibility index (Phi) is 5.13. The lowest BCUT2D eigenvalue weighted by atomic mass is 10.1. The smallest absolute Gasteiger partial charge is 0.294 e. The zero-order valence-corrected chi connectivity index (χ0v) is 8.53. The van der Waals surface area contributed by atoms with Gasteiger partial charge in [-0.15, -0.1) is 0 Å². The molecule has 86 valence electrons. The van der Waals surface area contributed by atoms with E-state index in [2.05, 4.69) is 0 Å². The van der Waals surface area contributed by atoms with Gasteiger partial charge in [-0.3, -0.25) is 4.55 Å². The molecule has 0 amide bonds. The van der Waals surface area contributed by atoms with E-state index in [1.807, 2.05) is 18.2 Å². The monoisotopic (exact) mass is 256 g/mol. The summed E-state index contributed by atoms with van der Waals surface area (Å²) >= 11 is 0. The molecule has 2 aromatic rings. The van der Waals surface area contributed by atoms with Crippen molar-refractivity contribution >= 4 is 38.3 Å². The first-order valence-corrected chi connectivity index (χ1v) is 5.48. The van der Waals surface area contributed by atoms with E-state index >= 15 is 0 Å². The Balaban J connectivity index is 0.00000112. The molecular formula is C10H13AlO4S. The number of hydrogen-bond donors (Lipinski definition) is 1. The van der Waals surface area contributed by atoms with Crippen molar-refractivity contribution in [2.75, 3.05) is 0 Å². The molecule has 16 heavy (non-hydrogen) atoms.